The van der Waals surface area contributed by atoms with Crippen LogP contribution >= 0.6 is 12.6 Å². The summed E-state index contributed by atoms with van der Waals surface area (Å²) in [5.74, 6) is 1.52. The quantitative estimate of drug-likeness (QED) is 0.770. The van der Waals surface area contributed by atoms with Crippen LogP contribution in [0, 0.1) is 11.8 Å². The molecule has 0 aliphatic heterocycles. The number of carbonyl (C=O) groups is 1. The van der Waals surface area contributed by atoms with Gasteiger partial charge in [-0.2, -0.15) is 12.6 Å². The summed E-state index contributed by atoms with van der Waals surface area (Å²) in [6.45, 7) is 3.03. The molecule has 1 aliphatic carbocycles. The number of rotatable bonds is 5. The normalized spacial score (nSPS) is 24.1. The van der Waals surface area contributed by atoms with Gasteiger partial charge in [-0.25, -0.2) is 0 Å². The predicted octanol–water partition coefficient (Wildman–Crippen LogP) is 2.30. The Hall–Kier alpha value is -0.960. The smallest absolute Gasteiger partial charge is 0.233 e. The number of hydrogen-bond donors (Lipinski definition) is 2. The molecule has 0 radical (unpaired) electrons. The highest BCUT2D eigenvalue weighted by molar-refractivity contribution is 7.81. The third-order valence-electron chi connectivity index (χ3n) is 3.39. The topological polar surface area (TPSA) is 29.1 Å². The molecule has 1 aromatic carbocycles. The summed E-state index contributed by atoms with van der Waals surface area (Å²) >= 11 is 4.37. The summed E-state index contributed by atoms with van der Waals surface area (Å²) < 4.78 is 0. The van der Waals surface area contributed by atoms with Crippen molar-refractivity contribution in [3.05, 3.63) is 35.9 Å². The molecule has 1 saturated carbocycles. The molecule has 0 aromatic heterocycles. The molecule has 0 heterocycles. The lowest BCUT2D eigenvalue weighted by Gasteiger charge is -2.11. The SMILES string of the molecule is CC1CC1CNC(=O)C(S)Cc1ccccc1. The van der Waals surface area contributed by atoms with Crippen LogP contribution in [0.15, 0.2) is 30.3 Å². The highest BCUT2D eigenvalue weighted by Crippen LogP contribution is 2.36. The lowest BCUT2D eigenvalue weighted by molar-refractivity contribution is -0.120. The molecule has 0 bridgehead atoms. The van der Waals surface area contributed by atoms with Gasteiger partial charge < -0.3 is 5.32 Å². The van der Waals surface area contributed by atoms with Gasteiger partial charge in [0.05, 0.1) is 5.25 Å². The van der Waals surface area contributed by atoms with Gasteiger partial charge in [0.2, 0.25) is 5.91 Å². The van der Waals surface area contributed by atoms with Crippen molar-refractivity contribution in [2.45, 2.75) is 25.0 Å². The largest absolute Gasteiger partial charge is 0.355 e. The molecule has 1 aliphatic rings. The Balaban J connectivity index is 1.75. The van der Waals surface area contributed by atoms with E-state index >= 15 is 0 Å². The molecule has 1 N–H and O–H groups in total. The number of nitrogens with one attached hydrogen (secondary N) is 1. The van der Waals surface area contributed by atoms with Crippen molar-refractivity contribution in [3.8, 4) is 0 Å². The second kappa shape index (κ2) is 5.58. The summed E-state index contributed by atoms with van der Waals surface area (Å²) in [6, 6.07) is 10.0. The van der Waals surface area contributed by atoms with Crippen molar-refractivity contribution in [2.24, 2.45) is 11.8 Å². The number of thiol groups is 1. The molecule has 2 rings (SSSR count). The van der Waals surface area contributed by atoms with Gasteiger partial charge >= 0.3 is 0 Å². The van der Waals surface area contributed by atoms with E-state index in [0.717, 1.165) is 18.0 Å². The van der Waals surface area contributed by atoms with Crippen molar-refractivity contribution in [3.63, 3.8) is 0 Å². The molecule has 3 heteroatoms. The van der Waals surface area contributed by atoms with Gasteiger partial charge in [0.25, 0.3) is 0 Å². The first-order valence-electron chi connectivity index (χ1n) is 6.16. The average molecular weight is 249 g/mol. The van der Waals surface area contributed by atoms with Crippen LogP contribution in [0.5, 0.6) is 0 Å². The minimum atomic E-state index is -0.244. The van der Waals surface area contributed by atoms with Gasteiger partial charge in [0, 0.05) is 6.54 Å². The van der Waals surface area contributed by atoms with Crippen LogP contribution in [-0.2, 0) is 11.2 Å². The van der Waals surface area contributed by atoms with Crippen molar-refractivity contribution in [1.82, 2.24) is 5.32 Å². The second-order valence-electron chi connectivity index (χ2n) is 4.92. The Bertz CT molecular complexity index is 379. The van der Waals surface area contributed by atoms with Crippen LogP contribution in [0.3, 0.4) is 0 Å². The van der Waals surface area contributed by atoms with Crippen LogP contribution in [-0.4, -0.2) is 17.7 Å². The second-order valence-corrected chi connectivity index (χ2v) is 5.55. The first-order chi connectivity index (χ1) is 8.16. The summed E-state index contributed by atoms with van der Waals surface area (Å²) in [6.07, 6.45) is 1.94. The highest BCUT2D eigenvalue weighted by Gasteiger charge is 2.32. The first-order valence-corrected chi connectivity index (χ1v) is 6.68. The fourth-order valence-electron chi connectivity index (χ4n) is 1.96. The van der Waals surface area contributed by atoms with E-state index in [9.17, 15) is 4.79 Å². The van der Waals surface area contributed by atoms with E-state index in [1.54, 1.807) is 0 Å². The fourth-order valence-corrected chi connectivity index (χ4v) is 2.27. The molecule has 0 spiro atoms. The van der Waals surface area contributed by atoms with Gasteiger partial charge in [-0.1, -0.05) is 37.3 Å². The number of amides is 1. The Labute approximate surface area is 108 Å². The molecule has 0 saturated heterocycles. The van der Waals surface area contributed by atoms with Gasteiger partial charge in [-0.3, -0.25) is 4.79 Å². The van der Waals surface area contributed by atoms with E-state index in [1.807, 2.05) is 30.3 Å². The molecule has 1 amide bonds. The molecular weight excluding hydrogens is 230 g/mol. The predicted molar refractivity (Wildman–Crippen MR) is 73.2 cm³/mol. The van der Waals surface area contributed by atoms with Gasteiger partial charge in [0.1, 0.15) is 0 Å². The Morgan fingerprint density at radius 3 is 2.71 bits per heavy atom. The van der Waals surface area contributed by atoms with E-state index in [-0.39, 0.29) is 11.2 Å². The third kappa shape index (κ3) is 3.77. The molecule has 92 valence electrons. The third-order valence-corrected chi connectivity index (χ3v) is 3.81. The Kier molecular flexibility index (Phi) is 4.11. The lowest BCUT2D eigenvalue weighted by Crippen LogP contribution is -2.34. The summed E-state index contributed by atoms with van der Waals surface area (Å²) in [4.78, 5) is 11.8. The molecule has 17 heavy (non-hydrogen) atoms. The number of hydrogen-bond acceptors (Lipinski definition) is 2. The monoisotopic (exact) mass is 249 g/mol. The van der Waals surface area contributed by atoms with Crippen molar-refractivity contribution in [1.29, 1.82) is 0 Å². The molecule has 3 atom stereocenters. The van der Waals surface area contributed by atoms with Crippen LogP contribution in [0.1, 0.15) is 18.9 Å². The minimum Gasteiger partial charge on any atom is -0.355 e. The van der Waals surface area contributed by atoms with E-state index in [0.29, 0.717) is 12.3 Å². The van der Waals surface area contributed by atoms with Crippen molar-refractivity contribution < 1.29 is 4.79 Å². The van der Waals surface area contributed by atoms with Crippen molar-refractivity contribution >= 4 is 18.5 Å². The fraction of sp³-hybridized carbons (Fsp3) is 0.500. The maximum Gasteiger partial charge on any atom is 0.233 e. The summed E-state index contributed by atoms with van der Waals surface area (Å²) in [7, 11) is 0. The first kappa shape index (κ1) is 12.5. The van der Waals surface area contributed by atoms with Crippen LogP contribution in [0.4, 0.5) is 0 Å². The van der Waals surface area contributed by atoms with Gasteiger partial charge in [-0.05, 0) is 30.2 Å². The van der Waals surface area contributed by atoms with Crippen LogP contribution < -0.4 is 5.32 Å². The zero-order valence-electron chi connectivity index (χ0n) is 10.1. The minimum absolute atomic E-state index is 0.0521. The number of carbonyl (C=O) groups excluding carboxylic acids is 1. The van der Waals surface area contributed by atoms with Crippen LogP contribution in [0.2, 0.25) is 0 Å². The Morgan fingerprint density at radius 1 is 1.47 bits per heavy atom. The molecule has 1 aromatic rings. The Morgan fingerprint density at radius 2 is 2.12 bits per heavy atom. The van der Waals surface area contributed by atoms with E-state index < -0.39 is 0 Å². The van der Waals surface area contributed by atoms with E-state index in [2.05, 4.69) is 24.9 Å². The van der Waals surface area contributed by atoms with Crippen LogP contribution in [0.25, 0.3) is 0 Å². The lowest BCUT2D eigenvalue weighted by atomic mass is 10.1. The average Bonchev–Trinajstić information content (AvgIpc) is 3.03. The van der Waals surface area contributed by atoms with E-state index in [1.165, 1.54) is 6.42 Å². The zero-order chi connectivity index (χ0) is 12.3. The molecular formula is C14H19NOS. The maximum atomic E-state index is 11.8. The zero-order valence-corrected chi connectivity index (χ0v) is 11.0. The molecule has 1 fully saturated rings. The number of benzene rings is 1. The van der Waals surface area contributed by atoms with E-state index in [4.69, 9.17) is 0 Å². The van der Waals surface area contributed by atoms with Crippen molar-refractivity contribution in [2.75, 3.05) is 6.54 Å². The molecule has 3 unspecified atom stereocenters. The molecule has 2 nitrogen and oxygen atoms in total. The van der Waals surface area contributed by atoms with Gasteiger partial charge in [0.15, 0.2) is 0 Å². The highest BCUT2D eigenvalue weighted by atomic mass is 32.1. The summed E-state index contributed by atoms with van der Waals surface area (Å²) in [5, 5.41) is 2.74. The standard InChI is InChI=1S/C14H19NOS/c1-10-7-12(10)9-15-14(16)13(17)8-11-5-3-2-4-6-11/h2-6,10,12-13,17H,7-9H2,1H3,(H,15,16). The maximum absolute atomic E-state index is 11.8. The summed E-state index contributed by atoms with van der Waals surface area (Å²) in [5.41, 5.74) is 1.16. The van der Waals surface area contributed by atoms with Gasteiger partial charge in [-0.15, -0.1) is 0 Å².